The minimum Gasteiger partial charge on any atom is -0.378 e. The highest BCUT2D eigenvalue weighted by atomic mass is 15.2. The van der Waals surface area contributed by atoms with Crippen molar-refractivity contribution >= 4 is 28.5 Å². The van der Waals surface area contributed by atoms with Crippen molar-refractivity contribution < 1.29 is 4.58 Å². The van der Waals surface area contributed by atoms with Crippen LogP contribution in [0.1, 0.15) is 36.8 Å². The van der Waals surface area contributed by atoms with Gasteiger partial charge in [0.25, 0.3) is 0 Å². The first-order valence-corrected chi connectivity index (χ1v) is 12.9. The van der Waals surface area contributed by atoms with E-state index in [9.17, 15) is 0 Å². The summed E-state index contributed by atoms with van der Waals surface area (Å²) in [5.41, 5.74) is 13.0. The molecule has 0 amide bonds. The van der Waals surface area contributed by atoms with Gasteiger partial charge in [0.05, 0.1) is 0 Å². The van der Waals surface area contributed by atoms with Crippen LogP contribution in [-0.2, 0) is 12.8 Å². The van der Waals surface area contributed by atoms with Gasteiger partial charge >= 0.3 is 0 Å². The van der Waals surface area contributed by atoms with E-state index in [1.807, 2.05) is 0 Å². The number of anilines is 3. The van der Waals surface area contributed by atoms with Crippen molar-refractivity contribution in [2.45, 2.75) is 38.5 Å². The molecule has 2 aromatic carbocycles. The number of fused-ring (bicyclic) bond motifs is 3. The van der Waals surface area contributed by atoms with Crippen molar-refractivity contribution in [3.63, 3.8) is 0 Å². The largest absolute Gasteiger partial charge is 0.378 e. The summed E-state index contributed by atoms with van der Waals surface area (Å²) in [7, 11) is 8.51. The molecule has 2 heterocycles. The molecular weight excluding hydrogens is 416 g/mol. The molecular formula is C30H37N4+. The van der Waals surface area contributed by atoms with E-state index in [1.165, 1.54) is 71.0 Å². The molecule has 2 aliphatic heterocycles. The first kappa shape index (κ1) is 21.5. The molecule has 2 aliphatic carbocycles. The van der Waals surface area contributed by atoms with Gasteiger partial charge in [-0.15, -0.1) is 0 Å². The molecule has 0 saturated carbocycles. The molecule has 0 saturated heterocycles. The van der Waals surface area contributed by atoms with E-state index in [1.54, 1.807) is 5.57 Å². The van der Waals surface area contributed by atoms with Gasteiger partial charge in [-0.1, -0.05) is 0 Å². The van der Waals surface area contributed by atoms with Crippen molar-refractivity contribution in [2.75, 3.05) is 56.0 Å². The Labute approximate surface area is 204 Å². The fourth-order valence-corrected chi connectivity index (χ4v) is 6.28. The zero-order valence-electron chi connectivity index (χ0n) is 21.1. The third kappa shape index (κ3) is 3.64. The predicted molar refractivity (Wildman–Crippen MR) is 144 cm³/mol. The van der Waals surface area contributed by atoms with E-state index in [-0.39, 0.29) is 0 Å². The predicted octanol–water partition coefficient (Wildman–Crippen LogP) is 5.54. The van der Waals surface area contributed by atoms with Gasteiger partial charge in [-0.3, -0.25) is 0 Å². The number of rotatable bonds is 3. The molecule has 0 fully saturated rings. The summed E-state index contributed by atoms with van der Waals surface area (Å²) < 4.78 is 2.59. The van der Waals surface area contributed by atoms with Crippen molar-refractivity contribution in [1.29, 1.82) is 0 Å². The third-order valence-corrected chi connectivity index (χ3v) is 8.28. The maximum Gasteiger partial charge on any atom is 0.209 e. The summed E-state index contributed by atoms with van der Waals surface area (Å²) in [5, 5.41) is 0. The maximum atomic E-state index is 2.59. The first-order valence-electron chi connectivity index (χ1n) is 12.9. The van der Waals surface area contributed by atoms with Crippen LogP contribution in [0.2, 0.25) is 0 Å². The average Bonchev–Trinajstić information content (AvgIpc) is 3.46. The second-order valence-corrected chi connectivity index (χ2v) is 10.8. The highest BCUT2D eigenvalue weighted by molar-refractivity contribution is 5.94. The number of benzene rings is 2. The second-order valence-electron chi connectivity index (χ2n) is 10.8. The SMILES string of the molecule is CN(C)c1ccc2c(c1)CCN2C1=CC2=C/C(=[N+]3\CCc4cc(N(C)C)ccc43)CCC2CC1. The van der Waals surface area contributed by atoms with Crippen LogP contribution in [0.5, 0.6) is 0 Å². The Morgan fingerprint density at radius 1 is 0.794 bits per heavy atom. The van der Waals surface area contributed by atoms with Gasteiger partial charge in [0.2, 0.25) is 5.69 Å². The van der Waals surface area contributed by atoms with Crippen LogP contribution in [0.4, 0.5) is 22.7 Å². The molecule has 6 rings (SSSR count). The molecule has 0 spiro atoms. The molecule has 1 unspecified atom stereocenters. The summed E-state index contributed by atoms with van der Waals surface area (Å²) >= 11 is 0. The minimum absolute atomic E-state index is 0.726. The van der Waals surface area contributed by atoms with E-state index in [0.717, 1.165) is 31.8 Å². The van der Waals surface area contributed by atoms with Gasteiger partial charge in [-0.2, -0.15) is 4.58 Å². The van der Waals surface area contributed by atoms with Crippen LogP contribution < -0.4 is 14.7 Å². The van der Waals surface area contributed by atoms with Gasteiger partial charge in [0.15, 0.2) is 12.3 Å². The highest BCUT2D eigenvalue weighted by Crippen LogP contribution is 2.41. The summed E-state index contributed by atoms with van der Waals surface area (Å²) in [6.07, 6.45) is 12.3. The minimum atomic E-state index is 0.726. The lowest BCUT2D eigenvalue weighted by Gasteiger charge is -2.32. The zero-order chi connectivity index (χ0) is 23.4. The van der Waals surface area contributed by atoms with E-state index >= 15 is 0 Å². The Balaban J connectivity index is 1.32. The quantitative estimate of drug-likeness (QED) is 0.567. The fourth-order valence-electron chi connectivity index (χ4n) is 6.28. The molecule has 34 heavy (non-hydrogen) atoms. The van der Waals surface area contributed by atoms with E-state index < -0.39 is 0 Å². The molecule has 1 atom stereocenters. The summed E-state index contributed by atoms with van der Waals surface area (Å²) in [6.45, 7) is 2.22. The molecule has 0 N–H and O–H groups in total. The molecule has 0 radical (unpaired) electrons. The Bertz CT molecular complexity index is 1230. The molecule has 4 nitrogen and oxygen atoms in total. The summed E-state index contributed by atoms with van der Waals surface area (Å²) in [5.74, 6) is 0.726. The topological polar surface area (TPSA) is 12.7 Å². The van der Waals surface area contributed by atoms with Gasteiger partial charge in [0, 0.05) is 88.0 Å². The number of hydrogen-bond donors (Lipinski definition) is 0. The lowest BCUT2D eigenvalue weighted by molar-refractivity contribution is -0.429. The van der Waals surface area contributed by atoms with Gasteiger partial charge < -0.3 is 14.7 Å². The Kier molecular flexibility index (Phi) is 5.28. The van der Waals surface area contributed by atoms with Crippen LogP contribution in [0.25, 0.3) is 0 Å². The fraction of sp³-hybridized carbons (Fsp3) is 0.433. The molecule has 0 aromatic heterocycles. The van der Waals surface area contributed by atoms with E-state index in [0.29, 0.717) is 0 Å². The number of hydrogen-bond acceptors (Lipinski definition) is 3. The molecule has 0 bridgehead atoms. The number of allylic oxidation sites excluding steroid dienone is 4. The summed E-state index contributed by atoms with van der Waals surface area (Å²) in [4.78, 5) is 7.00. The molecule has 4 heteroatoms. The van der Waals surface area contributed by atoms with E-state index in [2.05, 4.69) is 96.0 Å². The van der Waals surface area contributed by atoms with Crippen LogP contribution in [0, 0.1) is 5.92 Å². The number of nitrogens with zero attached hydrogens (tertiary/aromatic N) is 4. The van der Waals surface area contributed by atoms with Crippen molar-refractivity contribution in [3.8, 4) is 0 Å². The molecule has 176 valence electrons. The van der Waals surface area contributed by atoms with Crippen LogP contribution in [0.15, 0.2) is 59.8 Å². The lowest BCUT2D eigenvalue weighted by atomic mass is 9.79. The van der Waals surface area contributed by atoms with Crippen LogP contribution in [0.3, 0.4) is 0 Å². The van der Waals surface area contributed by atoms with Gasteiger partial charge in [-0.05, 0) is 79.1 Å². The standard InChI is InChI=1S/C30H37N4/c1-31(2)25-9-11-29-22(17-25)13-15-33(29)27-7-5-21-6-8-28(20-24(21)19-27)34-16-14-23-18-26(32(3)4)10-12-30(23)34/h9-12,17-21H,5-8,13-16H2,1-4H3/q+1. The maximum absolute atomic E-state index is 2.59. The van der Waals surface area contributed by atoms with Crippen LogP contribution >= 0.6 is 0 Å². The van der Waals surface area contributed by atoms with E-state index in [4.69, 9.17) is 0 Å². The molecule has 2 aromatic rings. The van der Waals surface area contributed by atoms with Crippen molar-refractivity contribution in [3.05, 3.63) is 70.9 Å². The summed E-state index contributed by atoms with van der Waals surface area (Å²) in [6, 6.07) is 13.9. The smallest absolute Gasteiger partial charge is 0.209 e. The normalized spacial score (nSPS) is 23.2. The first-order chi connectivity index (χ1) is 16.5. The van der Waals surface area contributed by atoms with Gasteiger partial charge in [0.1, 0.15) is 0 Å². The zero-order valence-corrected chi connectivity index (χ0v) is 21.1. The highest BCUT2D eigenvalue weighted by Gasteiger charge is 2.33. The van der Waals surface area contributed by atoms with Crippen molar-refractivity contribution in [2.24, 2.45) is 5.92 Å². The molecule has 4 aliphatic rings. The van der Waals surface area contributed by atoms with Gasteiger partial charge in [-0.25, -0.2) is 0 Å². The van der Waals surface area contributed by atoms with Crippen molar-refractivity contribution in [1.82, 2.24) is 0 Å². The Hall–Kier alpha value is -3.01. The lowest BCUT2D eigenvalue weighted by Crippen LogP contribution is -2.27. The Morgan fingerprint density at radius 3 is 2.32 bits per heavy atom. The average molecular weight is 454 g/mol. The second kappa shape index (κ2) is 8.33. The Morgan fingerprint density at radius 2 is 1.53 bits per heavy atom. The van der Waals surface area contributed by atoms with Crippen LogP contribution in [-0.4, -0.2) is 51.6 Å². The third-order valence-electron chi connectivity index (χ3n) is 8.28. The monoisotopic (exact) mass is 453 g/mol.